The van der Waals surface area contributed by atoms with Crippen molar-refractivity contribution in [1.29, 1.82) is 0 Å². The third-order valence-corrected chi connectivity index (χ3v) is 6.69. The van der Waals surface area contributed by atoms with E-state index in [-0.39, 0.29) is 5.91 Å². The Bertz CT molecular complexity index is 757. The molecule has 28 heavy (non-hydrogen) atoms. The number of piperazine rings is 1. The van der Waals surface area contributed by atoms with Crippen LogP contribution in [0.3, 0.4) is 0 Å². The van der Waals surface area contributed by atoms with Crippen molar-refractivity contribution in [2.75, 3.05) is 50.7 Å². The van der Waals surface area contributed by atoms with Gasteiger partial charge in [0.05, 0.1) is 5.56 Å². The Morgan fingerprint density at radius 3 is 2.57 bits per heavy atom. The molecule has 2 aliphatic rings. The highest BCUT2D eigenvalue weighted by Gasteiger charge is 2.23. The van der Waals surface area contributed by atoms with Crippen LogP contribution in [0.1, 0.15) is 40.9 Å². The van der Waals surface area contributed by atoms with E-state index >= 15 is 0 Å². The number of thiophene rings is 1. The maximum atomic E-state index is 12.7. The van der Waals surface area contributed by atoms with E-state index in [0.717, 1.165) is 76.6 Å². The lowest BCUT2D eigenvalue weighted by Crippen LogP contribution is -2.47. The molecule has 1 saturated heterocycles. The topological polar surface area (TPSA) is 52.6 Å². The number of anilines is 1. The van der Waals surface area contributed by atoms with Crippen LogP contribution < -0.4 is 4.90 Å². The molecule has 0 saturated carbocycles. The Labute approximate surface area is 171 Å². The molecule has 0 bridgehead atoms. The summed E-state index contributed by atoms with van der Waals surface area (Å²) < 4.78 is 0. The number of hydrogen-bond donors (Lipinski definition) is 0. The third kappa shape index (κ3) is 4.70. The molecule has 0 unspecified atom stereocenters. The van der Waals surface area contributed by atoms with Gasteiger partial charge in [-0.25, -0.2) is 9.97 Å². The number of unbranched alkanes of at least 4 members (excludes halogenated alkanes) is 2. The molecule has 2 aromatic heterocycles. The van der Waals surface area contributed by atoms with Gasteiger partial charge in [-0.3, -0.25) is 9.69 Å². The largest absolute Gasteiger partial charge is 0.339 e. The van der Waals surface area contributed by atoms with Gasteiger partial charge in [-0.15, -0.1) is 11.3 Å². The molecule has 0 aliphatic carbocycles. The van der Waals surface area contributed by atoms with E-state index in [1.807, 2.05) is 24.5 Å². The number of rotatable bonds is 7. The summed E-state index contributed by atoms with van der Waals surface area (Å²) in [5.41, 5.74) is 0.947. The second-order valence-electron chi connectivity index (χ2n) is 7.59. The molecule has 6 nitrogen and oxygen atoms in total. The van der Waals surface area contributed by atoms with Gasteiger partial charge in [0.25, 0.3) is 5.91 Å². The number of carbonyl (C=O) groups excluding carboxylic acids is 1. The van der Waals surface area contributed by atoms with Crippen molar-refractivity contribution in [3.05, 3.63) is 40.3 Å². The van der Waals surface area contributed by atoms with Crippen LogP contribution in [0.4, 0.5) is 5.95 Å². The van der Waals surface area contributed by atoms with Crippen LogP contribution >= 0.6 is 11.3 Å². The predicted molar refractivity (Wildman–Crippen MR) is 113 cm³/mol. The Hall–Kier alpha value is -1.99. The highest BCUT2D eigenvalue weighted by Crippen LogP contribution is 2.24. The summed E-state index contributed by atoms with van der Waals surface area (Å²) in [6.07, 6.45) is 9.24. The van der Waals surface area contributed by atoms with Crippen molar-refractivity contribution in [2.45, 2.75) is 32.1 Å². The number of aryl methyl sites for hydroxylation is 1. The number of carbonyl (C=O) groups is 1. The average Bonchev–Trinajstić information content (AvgIpc) is 3.16. The summed E-state index contributed by atoms with van der Waals surface area (Å²) in [6.45, 7) is 7.08. The highest BCUT2D eigenvalue weighted by atomic mass is 32.1. The van der Waals surface area contributed by atoms with Crippen molar-refractivity contribution >= 4 is 23.2 Å². The molecule has 1 fully saturated rings. The van der Waals surface area contributed by atoms with Crippen LogP contribution in [0.15, 0.2) is 29.9 Å². The number of hydrogen-bond acceptors (Lipinski definition) is 6. The second-order valence-corrected chi connectivity index (χ2v) is 8.59. The molecule has 0 N–H and O–H groups in total. The monoisotopic (exact) mass is 399 g/mol. The summed E-state index contributed by atoms with van der Waals surface area (Å²) >= 11 is 1.73. The van der Waals surface area contributed by atoms with Gasteiger partial charge in [-0.1, -0.05) is 6.42 Å². The van der Waals surface area contributed by atoms with Gasteiger partial charge < -0.3 is 9.80 Å². The van der Waals surface area contributed by atoms with Crippen LogP contribution in [-0.2, 0) is 6.42 Å². The standard InChI is InChI=1S/C21H29N5OS/c27-20-18-7-17-28-19(18)6-4-12-25(20)11-3-1-2-10-24-13-15-26(16-14-24)21-22-8-5-9-23-21/h5,7-9,17H,1-4,6,10-16H2. The van der Waals surface area contributed by atoms with E-state index in [4.69, 9.17) is 0 Å². The molecule has 7 heteroatoms. The Morgan fingerprint density at radius 1 is 0.964 bits per heavy atom. The van der Waals surface area contributed by atoms with E-state index in [2.05, 4.69) is 30.0 Å². The fourth-order valence-electron chi connectivity index (χ4n) is 4.08. The molecule has 1 amide bonds. The molecule has 0 spiro atoms. The number of aromatic nitrogens is 2. The van der Waals surface area contributed by atoms with Gasteiger partial charge in [-0.05, 0) is 49.7 Å². The zero-order valence-electron chi connectivity index (χ0n) is 16.4. The van der Waals surface area contributed by atoms with E-state index < -0.39 is 0 Å². The molecule has 2 aromatic rings. The Balaban J connectivity index is 1.13. The molecule has 0 aromatic carbocycles. The van der Waals surface area contributed by atoms with Crippen LogP contribution in [0, 0.1) is 0 Å². The summed E-state index contributed by atoms with van der Waals surface area (Å²) in [7, 11) is 0. The van der Waals surface area contributed by atoms with Crippen molar-refractivity contribution in [2.24, 2.45) is 0 Å². The van der Waals surface area contributed by atoms with Crippen LogP contribution in [0.5, 0.6) is 0 Å². The van der Waals surface area contributed by atoms with E-state index in [0.29, 0.717) is 0 Å². The zero-order chi connectivity index (χ0) is 19.2. The minimum atomic E-state index is 0.244. The SMILES string of the molecule is O=C1c2ccsc2CCCN1CCCCCN1CCN(c2ncccn2)CC1. The van der Waals surface area contributed by atoms with Gasteiger partial charge in [0.2, 0.25) is 5.95 Å². The van der Waals surface area contributed by atoms with Crippen LogP contribution in [-0.4, -0.2) is 71.5 Å². The Kier molecular flexibility index (Phi) is 6.54. The lowest BCUT2D eigenvalue weighted by molar-refractivity contribution is 0.0758. The van der Waals surface area contributed by atoms with Crippen molar-refractivity contribution in [1.82, 2.24) is 19.8 Å². The lowest BCUT2D eigenvalue weighted by atomic mass is 10.2. The number of nitrogens with zero attached hydrogens (tertiary/aromatic N) is 5. The van der Waals surface area contributed by atoms with E-state index in [9.17, 15) is 4.79 Å². The fourth-order valence-corrected chi connectivity index (χ4v) is 4.99. The molecular weight excluding hydrogens is 370 g/mol. The van der Waals surface area contributed by atoms with E-state index in [1.54, 1.807) is 11.3 Å². The minimum Gasteiger partial charge on any atom is -0.339 e. The van der Waals surface area contributed by atoms with Crippen molar-refractivity contribution < 1.29 is 4.79 Å². The summed E-state index contributed by atoms with van der Waals surface area (Å²) in [4.78, 5) is 29.5. The first-order valence-corrected chi connectivity index (χ1v) is 11.3. The molecule has 2 aliphatic heterocycles. The second kappa shape index (κ2) is 9.47. The van der Waals surface area contributed by atoms with Crippen LogP contribution in [0.25, 0.3) is 0 Å². The minimum absolute atomic E-state index is 0.244. The molecule has 4 rings (SSSR count). The van der Waals surface area contributed by atoms with Gasteiger partial charge in [0.15, 0.2) is 0 Å². The first-order valence-electron chi connectivity index (χ1n) is 10.4. The lowest BCUT2D eigenvalue weighted by Gasteiger charge is -2.34. The van der Waals surface area contributed by atoms with E-state index in [1.165, 1.54) is 17.7 Å². The summed E-state index contributed by atoms with van der Waals surface area (Å²) in [5, 5.41) is 2.05. The zero-order valence-corrected chi connectivity index (χ0v) is 17.2. The molecule has 4 heterocycles. The smallest absolute Gasteiger partial charge is 0.254 e. The average molecular weight is 400 g/mol. The third-order valence-electron chi connectivity index (χ3n) is 5.70. The van der Waals surface area contributed by atoms with Crippen molar-refractivity contribution in [3.8, 4) is 0 Å². The van der Waals surface area contributed by atoms with Crippen molar-refractivity contribution in [3.63, 3.8) is 0 Å². The van der Waals surface area contributed by atoms with Gasteiger partial charge in [-0.2, -0.15) is 0 Å². The summed E-state index contributed by atoms with van der Waals surface area (Å²) in [5.74, 6) is 1.09. The first kappa shape index (κ1) is 19.3. The Morgan fingerprint density at radius 2 is 1.75 bits per heavy atom. The fraction of sp³-hybridized carbons (Fsp3) is 0.571. The quantitative estimate of drug-likeness (QED) is 0.670. The van der Waals surface area contributed by atoms with Gasteiger partial charge in [0, 0.05) is 56.5 Å². The first-order chi connectivity index (χ1) is 13.8. The van der Waals surface area contributed by atoms with Crippen LogP contribution in [0.2, 0.25) is 0 Å². The number of fused-ring (bicyclic) bond motifs is 1. The maximum Gasteiger partial charge on any atom is 0.254 e. The summed E-state index contributed by atoms with van der Waals surface area (Å²) in [6, 6.07) is 3.86. The van der Waals surface area contributed by atoms with Gasteiger partial charge >= 0.3 is 0 Å². The molecule has 0 radical (unpaired) electrons. The maximum absolute atomic E-state index is 12.7. The molecular formula is C21H29N5OS. The predicted octanol–water partition coefficient (Wildman–Crippen LogP) is 2.92. The van der Waals surface area contributed by atoms with Gasteiger partial charge in [0.1, 0.15) is 0 Å². The number of amides is 1. The molecule has 0 atom stereocenters. The highest BCUT2D eigenvalue weighted by molar-refractivity contribution is 7.10. The normalized spacial score (nSPS) is 18.2. The molecule has 150 valence electrons.